The standard InChI is InChI=1S/C24H23FN4O3/c1-13-9-16(14(2)27-19-3-4-22(25)29-23(19)24(30)31)18-11-17(15-5-7-32-8-6-15)21(12-26)28-20(18)10-13/h3-4,9-11,14-15,27H,5-8H2,1-2H3,(H,30,31)/t14-/m1/s1. The first-order chi connectivity index (χ1) is 15.4. The van der Waals surface area contributed by atoms with Gasteiger partial charge < -0.3 is 15.2 Å². The lowest BCUT2D eigenvalue weighted by Crippen LogP contribution is -2.16. The molecule has 0 bridgehead atoms. The molecule has 4 rings (SSSR count). The molecule has 2 N–H and O–H groups in total. The fraction of sp³-hybridized carbons (Fsp3) is 0.333. The van der Waals surface area contributed by atoms with Gasteiger partial charge >= 0.3 is 5.97 Å². The summed E-state index contributed by atoms with van der Waals surface area (Å²) in [6.45, 7) is 5.15. The minimum absolute atomic E-state index is 0.202. The molecule has 1 atom stereocenters. The Morgan fingerprint density at radius 2 is 2.03 bits per heavy atom. The lowest BCUT2D eigenvalue weighted by molar-refractivity contribution is 0.0690. The first-order valence-electron chi connectivity index (χ1n) is 10.5. The minimum Gasteiger partial charge on any atom is -0.476 e. The minimum atomic E-state index is -1.31. The fourth-order valence-corrected chi connectivity index (χ4v) is 4.26. The van der Waals surface area contributed by atoms with Crippen molar-refractivity contribution in [1.29, 1.82) is 5.26 Å². The van der Waals surface area contributed by atoms with Crippen molar-refractivity contribution in [2.24, 2.45) is 0 Å². The van der Waals surface area contributed by atoms with Gasteiger partial charge in [-0.3, -0.25) is 0 Å². The number of carboxylic acids is 1. The van der Waals surface area contributed by atoms with Gasteiger partial charge in [0.25, 0.3) is 0 Å². The van der Waals surface area contributed by atoms with E-state index in [1.54, 1.807) is 0 Å². The predicted octanol–water partition coefficient (Wildman–Crippen LogP) is 4.71. The second kappa shape index (κ2) is 8.89. The van der Waals surface area contributed by atoms with E-state index < -0.39 is 11.9 Å². The summed E-state index contributed by atoms with van der Waals surface area (Å²) >= 11 is 0. The topological polar surface area (TPSA) is 108 Å². The average molecular weight is 434 g/mol. The van der Waals surface area contributed by atoms with Gasteiger partial charge in [0, 0.05) is 24.6 Å². The van der Waals surface area contributed by atoms with Crippen LogP contribution in [-0.4, -0.2) is 34.3 Å². The van der Waals surface area contributed by atoms with Crippen molar-refractivity contribution in [1.82, 2.24) is 9.97 Å². The van der Waals surface area contributed by atoms with Gasteiger partial charge in [0.2, 0.25) is 5.95 Å². The number of ether oxygens (including phenoxy) is 1. The van der Waals surface area contributed by atoms with E-state index in [9.17, 15) is 19.6 Å². The molecular weight excluding hydrogens is 411 g/mol. The molecule has 1 fully saturated rings. The number of nitrogens with zero attached hydrogens (tertiary/aromatic N) is 3. The van der Waals surface area contributed by atoms with Gasteiger partial charge in [0.05, 0.1) is 11.2 Å². The number of hydrogen-bond acceptors (Lipinski definition) is 6. The van der Waals surface area contributed by atoms with Crippen molar-refractivity contribution < 1.29 is 19.0 Å². The maximum atomic E-state index is 13.5. The second-order valence-electron chi connectivity index (χ2n) is 8.05. The lowest BCUT2D eigenvalue weighted by atomic mass is 9.88. The van der Waals surface area contributed by atoms with Gasteiger partial charge in [-0.2, -0.15) is 9.65 Å². The average Bonchev–Trinajstić information content (AvgIpc) is 2.79. The van der Waals surface area contributed by atoms with E-state index in [0.717, 1.165) is 41.0 Å². The number of fused-ring (bicyclic) bond motifs is 1. The third-order valence-corrected chi connectivity index (χ3v) is 5.81. The number of aromatic nitrogens is 2. The molecule has 0 unspecified atom stereocenters. The van der Waals surface area contributed by atoms with E-state index in [4.69, 9.17) is 4.74 Å². The number of halogens is 1. The number of hydrogen-bond donors (Lipinski definition) is 2. The molecule has 32 heavy (non-hydrogen) atoms. The quantitative estimate of drug-likeness (QED) is 0.560. The number of benzene rings is 1. The Morgan fingerprint density at radius 3 is 2.72 bits per heavy atom. The van der Waals surface area contributed by atoms with Crippen LogP contribution in [0.4, 0.5) is 10.1 Å². The summed E-state index contributed by atoms with van der Waals surface area (Å²) in [7, 11) is 0. The van der Waals surface area contributed by atoms with Crippen LogP contribution in [0.5, 0.6) is 0 Å². The smallest absolute Gasteiger partial charge is 0.356 e. The Balaban J connectivity index is 1.80. The van der Waals surface area contributed by atoms with Crippen LogP contribution in [0.1, 0.15) is 64.6 Å². The molecule has 0 radical (unpaired) electrons. The van der Waals surface area contributed by atoms with Crippen LogP contribution in [0.2, 0.25) is 0 Å². The third-order valence-electron chi connectivity index (χ3n) is 5.81. The molecule has 1 aliphatic heterocycles. The van der Waals surface area contributed by atoms with Gasteiger partial charge in [0.15, 0.2) is 5.69 Å². The van der Waals surface area contributed by atoms with Crippen molar-refractivity contribution in [3.8, 4) is 6.07 Å². The summed E-state index contributed by atoms with van der Waals surface area (Å²) in [5.41, 5.74) is 3.77. The Kier molecular flexibility index (Phi) is 6.01. The number of anilines is 1. The van der Waals surface area contributed by atoms with Crippen LogP contribution in [0.15, 0.2) is 30.3 Å². The predicted molar refractivity (Wildman–Crippen MR) is 117 cm³/mol. The first kappa shape index (κ1) is 21.7. The molecule has 0 amide bonds. The summed E-state index contributed by atoms with van der Waals surface area (Å²) in [6, 6.07) is 10.4. The maximum Gasteiger partial charge on any atom is 0.356 e. The van der Waals surface area contributed by atoms with Crippen molar-refractivity contribution in [3.05, 3.63) is 64.4 Å². The van der Waals surface area contributed by atoms with E-state index >= 15 is 0 Å². The van der Waals surface area contributed by atoms with Crippen molar-refractivity contribution in [2.45, 2.75) is 38.6 Å². The van der Waals surface area contributed by atoms with Crippen LogP contribution >= 0.6 is 0 Å². The first-order valence-corrected chi connectivity index (χ1v) is 10.5. The highest BCUT2D eigenvalue weighted by Gasteiger charge is 2.23. The monoisotopic (exact) mass is 434 g/mol. The second-order valence-corrected chi connectivity index (χ2v) is 8.05. The Labute approximate surface area is 184 Å². The molecule has 1 aliphatic rings. The fourth-order valence-electron chi connectivity index (χ4n) is 4.26. The SMILES string of the molecule is Cc1cc([C@@H](C)Nc2ccc(F)nc2C(=O)O)c2cc(C3CCOCC3)c(C#N)nc2c1. The zero-order chi connectivity index (χ0) is 22.8. The number of rotatable bonds is 5. The van der Waals surface area contributed by atoms with E-state index in [0.29, 0.717) is 24.4 Å². The highest BCUT2D eigenvalue weighted by atomic mass is 19.1. The van der Waals surface area contributed by atoms with Gasteiger partial charge in [-0.1, -0.05) is 6.07 Å². The number of pyridine rings is 2. The molecule has 7 nitrogen and oxygen atoms in total. The molecular formula is C24H23FN4O3. The summed E-state index contributed by atoms with van der Waals surface area (Å²) in [4.78, 5) is 19.7. The molecule has 0 spiro atoms. The van der Waals surface area contributed by atoms with Crippen molar-refractivity contribution in [2.75, 3.05) is 18.5 Å². The Hall–Kier alpha value is -3.57. The van der Waals surface area contributed by atoms with E-state index in [2.05, 4.69) is 21.4 Å². The van der Waals surface area contributed by atoms with Crippen LogP contribution in [-0.2, 0) is 4.74 Å². The molecule has 8 heteroatoms. The van der Waals surface area contributed by atoms with Gasteiger partial charge in [0.1, 0.15) is 11.8 Å². The number of nitriles is 1. The normalized spacial score (nSPS) is 15.3. The summed E-state index contributed by atoms with van der Waals surface area (Å²) in [5, 5.41) is 23.2. The lowest BCUT2D eigenvalue weighted by Gasteiger charge is -2.24. The zero-order valence-electron chi connectivity index (χ0n) is 17.9. The summed E-state index contributed by atoms with van der Waals surface area (Å²) < 4.78 is 18.9. The van der Waals surface area contributed by atoms with Gasteiger partial charge in [-0.15, -0.1) is 0 Å². The number of carboxylic acid groups (broad SMARTS) is 1. The largest absolute Gasteiger partial charge is 0.476 e. The molecule has 3 aromatic rings. The van der Waals surface area contributed by atoms with Crippen LogP contribution < -0.4 is 5.32 Å². The maximum absolute atomic E-state index is 13.5. The van der Waals surface area contributed by atoms with E-state index in [-0.39, 0.29) is 23.3 Å². The number of nitrogens with one attached hydrogen (secondary N) is 1. The Morgan fingerprint density at radius 1 is 1.28 bits per heavy atom. The zero-order valence-corrected chi connectivity index (χ0v) is 17.9. The highest BCUT2D eigenvalue weighted by Crippen LogP contribution is 2.34. The highest BCUT2D eigenvalue weighted by molar-refractivity contribution is 5.92. The van der Waals surface area contributed by atoms with E-state index in [1.807, 2.05) is 32.0 Å². The van der Waals surface area contributed by atoms with E-state index in [1.165, 1.54) is 6.07 Å². The summed E-state index contributed by atoms with van der Waals surface area (Å²) in [5.74, 6) is -1.96. The molecule has 2 aromatic heterocycles. The molecule has 1 saturated heterocycles. The number of aryl methyl sites for hydroxylation is 1. The Bertz CT molecular complexity index is 1230. The van der Waals surface area contributed by atoms with Crippen molar-refractivity contribution in [3.63, 3.8) is 0 Å². The van der Waals surface area contributed by atoms with Crippen LogP contribution in [0.25, 0.3) is 10.9 Å². The van der Waals surface area contributed by atoms with Gasteiger partial charge in [-0.05, 0) is 73.6 Å². The molecule has 1 aromatic carbocycles. The van der Waals surface area contributed by atoms with Crippen molar-refractivity contribution >= 4 is 22.6 Å². The van der Waals surface area contributed by atoms with Crippen LogP contribution in [0.3, 0.4) is 0 Å². The number of aromatic carboxylic acids is 1. The molecule has 0 aliphatic carbocycles. The summed E-state index contributed by atoms with van der Waals surface area (Å²) in [6.07, 6.45) is 1.67. The molecule has 0 saturated carbocycles. The third kappa shape index (κ3) is 4.25. The van der Waals surface area contributed by atoms with Gasteiger partial charge in [-0.25, -0.2) is 14.8 Å². The number of carbonyl (C=O) groups is 1. The van der Waals surface area contributed by atoms with Crippen LogP contribution in [0, 0.1) is 24.2 Å². The molecule has 164 valence electrons. The molecule has 3 heterocycles.